The van der Waals surface area contributed by atoms with Crippen LogP contribution in [0.15, 0.2) is 0 Å². The summed E-state index contributed by atoms with van der Waals surface area (Å²) in [5.41, 5.74) is 2.06. The first-order chi connectivity index (χ1) is 13.6. The van der Waals surface area contributed by atoms with Crippen LogP contribution in [0.1, 0.15) is 55.6 Å². The van der Waals surface area contributed by atoms with Crippen LogP contribution < -0.4 is 5.32 Å². The van der Waals surface area contributed by atoms with E-state index in [9.17, 15) is 9.59 Å². The highest BCUT2D eigenvalue weighted by atomic mass is 16.5. The number of ether oxygens (including phenoxy) is 1. The Bertz CT molecular complexity index is 737. The summed E-state index contributed by atoms with van der Waals surface area (Å²) in [6, 6.07) is 0. The highest BCUT2D eigenvalue weighted by Gasteiger charge is 2.33. The molecule has 0 bridgehead atoms. The summed E-state index contributed by atoms with van der Waals surface area (Å²) in [5.74, 6) is 2.19. The minimum absolute atomic E-state index is 0.0888. The fourth-order valence-electron chi connectivity index (χ4n) is 4.44. The van der Waals surface area contributed by atoms with Crippen molar-refractivity contribution in [2.75, 3.05) is 38.6 Å². The number of nitrogens with zero attached hydrogens (tertiary/aromatic N) is 4. The summed E-state index contributed by atoms with van der Waals surface area (Å²) in [5, 5.41) is 3.21. The monoisotopic (exact) mass is 387 g/mol. The van der Waals surface area contributed by atoms with Gasteiger partial charge >= 0.3 is 0 Å². The quantitative estimate of drug-likeness (QED) is 0.841. The maximum absolute atomic E-state index is 12.7. The lowest BCUT2D eigenvalue weighted by molar-refractivity contribution is -0.141. The smallest absolute Gasteiger partial charge is 0.252 e. The fourth-order valence-corrected chi connectivity index (χ4v) is 4.44. The predicted octanol–water partition coefficient (Wildman–Crippen LogP) is 1.31. The van der Waals surface area contributed by atoms with E-state index in [1.807, 2.05) is 16.8 Å². The molecule has 152 valence electrons. The van der Waals surface area contributed by atoms with Gasteiger partial charge in [-0.2, -0.15) is 0 Å². The molecule has 2 amide bonds. The molecule has 0 saturated carbocycles. The molecule has 0 spiro atoms. The molecule has 3 aliphatic heterocycles. The van der Waals surface area contributed by atoms with Crippen molar-refractivity contribution in [2.24, 2.45) is 0 Å². The van der Waals surface area contributed by atoms with Gasteiger partial charge in [0, 0.05) is 58.1 Å². The highest BCUT2D eigenvalue weighted by molar-refractivity contribution is 5.81. The second-order valence-electron chi connectivity index (χ2n) is 7.90. The first-order valence-electron chi connectivity index (χ1n) is 10.3. The van der Waals surface area contributed by atoms with Gasteiger partial charge in [-0.25, -0.2) is 9.97 Å². The van der Waals surface area contributed by atoms with Crippen molar-refractivity contribution >= 4 is 17.6 Å². The van der Waals surface area contributed by atoms with Crippen LogP contribution in [-0.4, -0.2) is 71.0 Å². The van der Waals surface area contributed by atoms with Gasteiger partial charge < -0.3 is 19.9 Å². The van der Waals surface area contributed by atoms with E-state index < -0.39 is 0 Å². The van der Waals surface area contributed by atoms with Crippen LogP contribution in [0.4, 0.5) is 5.82 Å². The number of carbonyl (C=O) groups is 2. The highest BCUT2D eigenvalue weighted by Crippen LogP contribution is 2.31. The molecule has 8 nitrogen and oxygen atoms in total. The second-order valence-corrected chi connectivity index (χ2v) is 7.90. The Morgan fingerprint density at radius 3 is 2.54 bits per heavy atom. The average molecular weight is 387 g/mol. The molecule has 4 rings (SSSR count). The van der Waals surface area contributed by atoms with Crippen molar-refractivity contribution in [3.63, 3.8) is 0 Å². The van der Waals surface area contributed by atoms with Crippen molar-refractivity contribution in [3.8, 4) is 0 Å². The van der Waals surface area contributed by atoms with Gasteiger partial charge in [-0.05, 0) is 25.7 Å². The number of fused-ring (bicyclic) bond motifs is 1. The molecule has 0 aromatic carbocycles. The van der Waals surface area contributed by atoms with E-state index >= 15 is 0 Å². The summed E-state index contributed by atoms with van der Waals surface area (Å²) in [4.78, 5) is 37.7. The number of amides is 2. The van der Waals surface area contributed by atoms with Crippen LogP contribution in [0.2, 0.25) is 0 Å². The number of aromatic nitrogens is 2. The molecule has 1 atom stereocenters. The number of anilines is 1. The zero-order valence-electron chi connectivity index (χ0n) is 16.7. The van der Waals surface area contributed by atoms with E-state index in [0.29, 0.717) is 19.7 Å². The van der Waals surface area contributed by atoms with Gasteiger partial charge in [-0.1, -0.05) is 0 Å². The molecule has 0 aliphatic carbocycles. The number of rotatable bonds is 3. The number of nitrogens with one attached hydrogen (secondary N) is 1. The third kappa shape index (κ3) is 3.70. The molecular weight excluding hydrogens is 358 g/mol. The molecule has 3 aliphatic rings. The van der Waals surface area contributed by atoms with E-state index in [2.05, 4.69) is 5.32 Å². The average Bonchev–Trinajstić information content (AvgIpc) is 3.27. The number of piperidine rings is 1. The van der Waals surface area contributed by atoms with Crippen molar-refractivity contribution in [1.29, 1.82) is 0 Å². The van der Waals surface area contributed by atoms with Crippen molar-refractivity contribution in [2.45, 2.75) is 57.6 Å². The number of hydrogen-bond acceptors (Lipinski definition) is 6. The third-order valence-electron chi connectivity index (χ3n) is 6.14. The molecular formula is C20H29N5O3. The Hall–Kier alpha value is -2.22. The number of carbonyl (C=O) groups excluding carboxylic acids is 2. The molecule has 8 heteroatoms. The van der Waals surface area contributed by atoms with E-state index in [1.54, 1.807) is 6.92 Å². The molecule has 0 radical (unpaired) electrons. The van der Waals surface area contributed by atoms with E-state index in [4.69, 9.17) is 14.7 Å². The fraction of sp³-hybridized carbons (Fsp3) is 0.700. The first kappa shape index (κ1) is 19.1. The minimum atomic E-state index is -0.286. The van der Waals surface area contributed by atoms with Gasteiger partial charge in [0.05, 0.1) is 12.2 Å². The largest absolute Gasteiger partial charge is 0.373 e. The molecule has 1 aromatic rings. The molecule has 0 unspecified atom stereocenters. The molecule has 2 fully saturated rings. The predicted molar refractivity (Wildman–Crippen MR) is 104 cm³/mol. The van der Waals surface area contributed by atoms with Gasteiger partial charge in [0.1, 0.15) is 17.7 Å². The van der Waals surface area contributed by atoms with Crippen LogP contribution >= 0.6 is 0 Å². The standard InChI is InChI=1S/C20H29N5O3/c1-13(26)24-8-5-14(6-9-24)18-22-16-7-10-25(12-15(16)19(21-2)23-18)20(27)17-4-3-11-28-17/h14,17H,3-12H2,1-2H3,(H,21,22,23)/t17-/m1/s1. The van der Waals surface area contributed by atoms with Gasteiger partial charge in [0.15, 0.2) is 0 Å². The van der Waals surface area contributed by atoms with Crippen LogP contribution in [0.3, 0.4) is 0 Å². The van der Waals surface area contributed by atoms with Crippen LogP contribution in [0.5, 0.6) is 0 Å². The molecule has 28 heavy (non-hydrogen) atoms. The molecule has 1 aromatic heterocycles. The Labute approximate surface area is 165 Å². The lowest BCUT2D eigenvalue weighted by Crippen LogP contribution is -2.42. The Morgan fingerprint density at radius 1 is 1.11 bits per heavy atom. The van der Waals surface area contributed by atoms with Crippen LogP contribution in [0, 0.1) is 0 Å². The van der Waals surface area contributed by atoms with Crippen LogP contribution in [0.25, 0.3) is 0 Å². The summed E-state index contributed by atoms with van der Waals surface area (Å²) in [6.07, 6.45) is 4.01. The second kappa shape index (κ2) is 8.03. The topological polar surface area (TPSA) is 87.7 Å². The minimum Gasteiger partial charge on any atom is -0.373 e. The molecule has 1 N–H and O–H groups in total. The maximum Gasteiger partial charge on any atom is 0.252 e. The Balaban J connectivity index is 1.50. The lowest BCUT2D eigenvalue weighted by Gasteiger charge is -2.33. The summed E-state index contributed by atoms with van der Waals surface area (Å²) in [6.45, 7) is 5.04. The SMILES string of the molecule is CNc1nc(C2CCN(C(C)=O)CC2)nc2c1CN(C(=O)[C@H]1CCCO1)CC2. The van der Waals surface area contributed by atoms with Crippen LogP contribution in [-0.2, 0) is 27.3 Å². The van der Waals surface area contributed by atoms with Gasteiger partial charge in [-0.15, -0.1) is 0 Å². The number of hydrogen-bond donors (Lipinski definition) is 1. The van der Waals surface area contributed by atoms with Gasteiger partial charge in [-0.3, -0.25) is 9.59 Å². The van der Waals surface area contributed by atoms with Crippen molar-refractivity contribution in [3.05, 3.63) is 17.1 Å². The molecule has 4 heterocycles. The van der Waals surface area contributed by atoms with Crippen molar-refractivity contribution in [1.82, 2.24) is 19.8 Å². The van der Waals surface area contributed by atoms with E-state index in [-0.39, 0.29) is 23.8 Å². The third-order valence-corrected chi connectivity index (χ3v) is 6.14. The Kier molecular flexibility index (Phi) is 5.48. The van der Waals surface area contributed by atoms with Gasteiger partial charge in [0.25, 0.3) is 5.91 Å². The van der Waals surface area contributed by atoms with E-state index in [0.717, 1.165) is 68.1 Å². The summed E-state index contributed by atoms with van der Waals surface area (Å²) < 4.78 is 5.57. The Morgan fingerprint density at radius 2 is 1.89 bits per heavy atom. The zero-order chi connectivity index (χ0) is 19.7. The van der Waals surface area contributed by atoms with Crippen molar-refractivity contribution < 1.29 is 14.3 Å². The first-order valence-corrected chi connectivity index (χ1v) is 10.3. The molecule has 2 saturated heterocycles. The lowest BCUT2D eigenvalue weighted by atomic mass is 9.95. The van der Waals surface area contributed by atoms with E-state index in [1.165, 1.54) is 0 Å². The normalized spacial score (nSPS) is 22.9. The summed E-state index contributed by atoms with van der Waals surface area (Å²) in [7, 11) is 1.87. The van der Waals surface area contributed by atoms with Gasteiger partial charge in [0.2, 0.25) is 5.91 Å². The number of likely N-dealkylation sites (tertiary alicyclic amines) is 1. The summed E-state index contributed by atoms with van der Waals surface area (Å²) >= 11 is 0. The zero-order valence-corrected chi connectivity index (χ0v) is 16.7. The maximum atomic E-state index is 12.7.